The van der Waals surface area contributed by atoms with E-state index < -0.39 is 11.9 Å². The number of carbonyl (C=O) groups is 2. The van der Waals surface area contributed by atoms with Crippen molar-refractivity contribution in [3.8, 4) is 0 Å². The summed E-state index contributed by atoms with van der Waals surface area (Å²) in [5, 5.41) is 17.8. The van der Waals surface area contributed by atoms with Gasteiger partial charge in [-0.05, 0) is 38.1 Å². The molecule has 6 heteroatoms. The second kappa shape index (κ2) is 8.79. The molecule has 0 heterocycles. The Labute approximate surface area is 120 Å². The van der Waals surface area contributed by atoms with Crippen molar-refractivity contribution in [2.45, 2.75) is 45.6 Å². The third-order valence-electron chi connectivity index (χ3n) is 3.26. The minimum atomic E-state index is -0.854. The fourth-order valence-corrected chi connectivity index (χ4v) is 2.00. The number of carbonyl (C=O) groups excluding carboxylic acids is 1. The molecule has 0 saturated heterocycles. The average molecular weight is 285 g/mol. The highest BCUT2D eigenvalue weighted by Gasteiger charge is 2.20. The summed E-state index contributed by atoms with van der Waals surface area (Å²) in [7, 11) is 0. The van der Waals surface area contributed by atoms with Crippen molar-refractivity contribution in [3.63, 3.8) is 0 Å². The molecule has 0 aromatic heterocycles. The Morgan fingerprint density at radius 2 is 1.90 bits per heavy atom. The molecule has 4 N–H and O–H groups in total. The number of amides is 2. The van der Waals surface area contributed by atoms with E-state index in [4.69, 9.17) is 5.11 Å². The van der Waals surface area contributed by atoms with E-state index in [0.717, 1.165) is 13.0 Å². The summed E-state index contributed by atoms with van der Waals surface area (Å²) in [5.41, 5.74) is 0. The molecule has 20 heavy (non-hydrogen) atoms. The molecule has 1 aliphatic rings. The zero-order valence-electron chi connectivity index (χ0n) is 12.4. The highest BCUT2D eigenvalue weighted by Crippen LogP contribution is 2.18. The molecule has 0 aromatic rings. The van der Waals surface area contributed by atoms with Gasteiger partial charge in [-0.1, -0.05) is 13.8 Å². The summed E-state index contributed by atoms with van der Waals surface area (Å²) >= 11 is 0. The Kier molecular flexibility index (Phi) is 7.36. The van der Waals surface area contributed by atoms with Crippen LogP contribution in [0.1, 0.15) is 39.5 Å². The molecular weight excluding hydrogens is 258 g/mol. The number of aliphatic carboxylic acids is 1. The molecule has 1 aliphatic carbocycles. The predicted octanol–water partition coefficient (Wildman–Crippen LogP) is 1.17. The van der Waals surface area contributed by atoms with Crippen LogP contribution in [0.4, 0.5) is 4.79 Å². The van der Waals surface area contributed by atoms with E-state index in [2.05, 4.69) is 16.0 Å². The van der Waals surface area contributed by atoms with Gasteiger partial charge in [0.2, 0.25) is 0 Å². The van der Waals surface area contributed by atoms with Crippen molar-refractivity contribution in [2.24, 2.45) is 11.8 Å². The Balaban J connectivity index is 2.05. The number of urea groups is 1. The first kappa shape index (κ1) is 16.8. The molecule has 0 bridgehead atoms. The zero-order chi connectivity index (χ0) is 15.0. The van der Waals surface area contributed by atoms with Crippen LogP contribution in [0.2, 0.25) is 0 Å². The molecule has 0 spiro atoms. The van der Waals surface area contributed by atoms with Crippen molar-refractivity contribution >= 4 is 12.0 Å². The lowest BCUT2D eigenvalue weighted by atomic mass is 9.97. The lowest BCUT2D eigenvalue weighted by Crippen LogP contribution is -2.41. The van der Waals surface area contributed by atoms with Crippen LogP contribution in [0, 0.1) is 11.8 Å². The molecule has 0 aliphatic heterocycles. The monoisotopic (exact) mass is 285 g/mol. The molecule has 1 unspecified atom stereocenters. The van der Waals surface area contributed by atoms with Gasteiger partial charge < -0.3 is 21.1 Å². The van der Waals surface area contributed by atoms with Gasteiger partial charge in [0, 0.05) is 19.1 Å². The van der Waals surface area contributed by atoms with Crippen molar-refractivity contribution in [1.29, 1.82) is 0 Å². The molecule has 116 valence electrons. The van der Waals surface area contributed by atoms with Gasteiger partial charge in [0.05, 0.1) is 5.92 Å². The maximum absolute atomic E-state index is 11.5. The van der Waals surface area contributed by atoms with E-state index in [1.165, 1.54) is 12.8 Å². The predicted molar refractivity (Wildman–Crippen MR) is 77.6 cm³/mol. The molecule has 1 fully saturated rings. The van der Waals surface area contributed by atoms with Crippen molar-refractivity contribution in [1.82, 2.24) is 16.0 Å². The minimum Gasteiger partial charge on any atom is -0.481 e. The van der Waals surface area contributed by atoms with Crippen LogP contribution in [0.25, 0.3) is 0 Å². The Bertz CT molecular complexity index is 317. The SMILES string of the molecule is CC(C)CC(CNC(=O)NCCCNC1CC1)C(=O)O. The van der Waals surface area contributed by atoms with E-state index >= 15 is 0 Å². The van der Waals surface area contributed by atoms with Gasteiger partial charge in [-0.15, -0.1) is 0 Å². The van der Waals surface area contributed by atoms with Crippen LogP contribution >= 0.6 is 0 Å². The number of nitrogens with one attached hydrogen (secondary N) is 3. The van der Waals surface area contributed by atoms with E-state index in [9.17, 15) is 9.59 Å². The quantitative estimate of drug-likeness (QED) is 0.454. The molecule has 1 rings (SSSR count). The lowest BCUT2D eigenvalue weighted by molar-refractivity contribution is -0.142. The third kappa shape index (κ3) is 7.99. The van der Waals surface area contributed by atoms with Gasteiger partial charge >= 0.3 is 12.0 Å². The standard InChI is InChI=1S/C14H27N3O3/c1-10(2)8-11(13(18)19)9-17-14(20)16-7-3-6-15-12-4-5-12/h10-12,15H,3-9H2,1-2H3,(H,18,19)(H2,16,17,20). The lowest BCUT2D eigenvalue weighted by Gasteiger charge is -2.15. The van der Waals surface area contributed by atoms with Gasteiger partial charge in [-0.2, -0.15) is 0 Å². The number of carboxylic acid groups (broad SMARTS) is 1. The van der Waals surface area contributed by atoms with Gasteiger partial charge in [0.25, 0.3) is 0 Å². The third-order valence-corrected chi connectivity index (χ3v) is 3.26. The normalized spacial score (nSPS) is 15.9. The van der Waals surface area contributed by atoms with Crippen molar-refractivity contribution < 1.29 is 14.7 Å². The Morgan fingerprint density at radius 1 is 1.20 bits per heavy atom. The fraction of sp³-hybridized carbons (Fsp3) is 0.857. The molecule has 0 aromatic carbocycles. The summed E-state index contributed by atoms with van der Waals surface area (Å²) in [4.78, 5) is 22.6. The molecule has 6 nitrogen and oxygen atoms in total. The molecule has 2 amide bonds. The topological polar surface area (TPSA) is 90.5 Å². The van der Waals surface area contributed by atoms with Crippen LogP contribution in [0.5, 0.6) is 0 Å². The van der Waals surface area contributed by atoms with Crippen molar-refractivity contribution in [3.05, 3.63) is 0 Å². The number of hydrogen-bond donors (Lipinski definition) is 4. The van der Waals surface area contributed by atoms with E-state index in [1.54, 1.807) is 0 Å². The van der Waals surface area contributed by atoms with Crippen LogP contribution < -0.4 is 16.0 Å². The Hall–Kier alpha value is -1.30. The summed E-state index contributed by atoms with van der Waals surface area (Å²) < 4.78 is 0. The number of hydrogen-bond acceptors (Lipinski definition) is 3. The summed E-state index contributed by atoms with van der Waals surface area (Å²) in [5.74, 6) is -1.07. The highest BCUT2D eigenvalue weighted by molar-refractivity contribution is 5.75. The first-order chi connectivity index (χ1) is 9.49. The Morgan fingerprint density at radius 3 is 2.45 bits per heavy atom. The van der Waals surface area contributed by atoms with Gasteiger partial charge in [-0.25, -0.2) is 4.79 Å². The first-order valence-electron chi connectivity index (χ1n) is 7.47. The molecule has 0 radical (unpaired) electrons. The fourth-order valence-electron chi connectivity index (χ4n) is 2.00. The van der Waals surface area contributed by atoms with Crippen LogP contribution in [0.15, 0.2) is 0 Å². The smallest absolute Gasteiger partial charge is 0.314 e. The largest absolute Gasteiger partial charge is 0.481 e. The van der Waals surface area contributed by atoms with Crippen molar-refractivity contribution in [2.75, 3.05) is 19.6 Å². The van der Waals surface area contributed by atoms with Gasteiger partial charge in [-0.3, -0.25) is 4.79 Å². The zero-order valence-corrected chi connectivity index (χ0v) is 12.4. The van der Waals surface area contributed by atoms with E-state index in [1.807, 2.05) is 13.8 Å². The second-order valence-corrected chi connectivity index (χ2v) is 5.88. The molecule has 1 atom stereocenters. The van der Waals surface area contributed by atoms with Gasteiger partial charge in [0.15, 0.2) is 0 Å². The van der Waals surface area contributed by atoms with E-state index in [0.29, 0.717) is 24.9 Å². The second-order valence-electron chi connectivity index (χ2n) is 5.88. The molecule has 1 saturated carbocycles. The summed E-state index contributed by atoms with van der Waals surface area (Å²) in [6.07, 6.45) is 3.99. The maximum atomic E-state index is 11.5. The number of carboxylic acids is 1. The summed E-state index contributed by atoms with van der Waals surface area (Å²) in [6.45, 7) is 5.65. The van der Waals surface area contributed by atoms with Crippen LogP contribution in [-0.2, 0) is 4.79 Å². The average Bonchev–Trinajstić information content (AvgIpc) is 3.17. The highest BCUT2D eigenvalue weighted by atomic mass is 16.4. The van der Waals surface area contributed by atoms with Crippen LogP contribution in [-0.4, -0.2) is 42.8 Å². The molecular formula is C14H27N3O3. The minimum absolute atomic E-state index is 0.180. The van der Waals surface area contributed by atoms with E-state index in [-0.39, 0.29) is 12.6 Å². The van der Waals surface area contributed by atoms with Crippen LogP contribution in [0.3, 0.4) is 0 Å². The number of rotatable bonds is 10. The first-order valence-corrected chi connectivity index (χ1v) is 7.47. The summed E-state index contributed by atoms with van der Waals surface area (Å²) in [6, 6.07) is 0.405. The van der Waals surface area contributed by atoms with Gasteiger partial charge in [0.1, 0.15) is 0 Å². The maximum Gasteiger partial charge on any atom is 0.314 e.